The van der Waals surface area contributed by atoms with Gasteiger partial charge in [-0.1, -0.05) is 30.3 Å². The van der Waals surface area contributed by atoms with Crippen molar-refractivity contribution in [1.29, 1.82) is 0 Å². The fraction of sp³-hybridized carbons (Fsp3) is 0.632. The van der Waals surface area contributed by atoms with Crippen LogP contribution < -0.4 is 5.32 Å². The Labute approximate surface area is 139 Å². The predicted octanol–water partition coefficient (Wildman–Crippen LogP) is 2.23. The fourth-order valence-electron chi connectivity index (χ4n) is 3.68. The zero-order chi connectivity index (χ0) is 16.2. The fourth-order valence-corrected chi connectivity index (χ4v) is 3.68. The van der Waals surface area contributed by atoms with E-state index in [1.165, 1.54) is 5.56 Å². The number of carbonyl (C=O) groups is 1. The molecule has 2 saturated heterocycles. The summed E-state index contributed by atoms with van der Waals surface area (Å²) in [6.07, 6.45) is 3.08. The van der Waals surface area contributed by atoms with E-state index in [1.807, 2.05) is 13.8 Å². The minimum atomic E-state index is -0.249. The van der Waals surface area contributed by atoms with Gasteiger partial charge in [0.1, 0.15) is 6.10 Å². The smallest absolute Gasteiger partial charge is 0.249 e. The third-order valence-electron chi connectivity index (χ3n) is 4.92. The molecule has 1 aromatic rings. The van der Waals surface area contributed by atoms with Crippen LogP contribution in [0.3, 0.4) is 0 Å². The van der Waals surface area contributed by atoms with Crippen molar-refractivity contribution >= 4 is 5.91 Å². The zero-order valence-corrected chi connectivity index (χ0v) is 14.2. The van der Waals surface area contributed by atoms with Crippen molar-refractivity contribution in [3.05, 3.63) is 35.9 Å². The lowest BCUT2D eigenvalue weighted by Crippen LogP contribution is -2.43. The molecule has 3 rings (SSSR count). The molecule has 0 spiro atoms. The molecule has 1 N–H and O–H groups in total. The topological polar surface area (TPSA) is 41.6 Å². The molecule has 3 atom stereocenters. The summed E-state index contributed by atoms with van der Waals surface area (Å²) in [5.74, 6) is 0.608. The van der Waals surface area contributed by atoms with Crippen LogP contribution in [0.5, 0.6) is 0 Å². The second kappa shape index (κ2) is 7.45. The lowest BCUT2D eigenvalue weighted by molar-refractivity contribution is -0.133. The van der Waals surface area contributed by atoms with Gasteiger partial charge in [-0.05, 0) is 51.1 Å². The summed E-state index contributed by atoms with van der Waals surface area (Å²) in [6.45, 7) is 7.13. The summed E-state index contributed by atoms with van der Waals surface area (Å²) in [5.41, 5.74) is 1.39. The molecule has 1 aromatic carbocycles. The standard InChI is InChI=1S/C19H28N2O2/c1-14(2)20-19(22)17-12-16-9-11-21(13-18(16)23-17)10-8-15-6-4-3-5-7-15/h3-7,14,16-18H,8-13H2,1-2H3,(H,20,22)/t16-,17+,18-/m0/s1. The number of nitrogens with one attached hydrogen (secondary N) is 1. The SMILES string of the molecule is CC(C)NC(=O)[C@H]1C[C@@H]2CCN(CCc3ccccc3)C[C@@H]2O1. The Morgan fingerprint density at radius 3 is 2.87 bits per heavy atom. The maximum atomic E-state index is 12.1. The predicted molar refractivity (Wildman–Crippen MR) is 91.2 cm³/mol. The zero-order valence-electron chi connectivity index (χ0n) is 14.2. The lowest BCUT2D eigenvalue weighted by Gasteiger charge is -2.34. The number of likely N-dealkylation sites (tertiary alicyclic amines) is 1. The highest BCUT2D eigenvalue weighted by Gasteiger charge is 2.41. The number of rotatable bonds is 5. The molecular weight excluding hydrogens is 288 g/mol. The van der Waals surface area contributed by atoms with Crippen molar-refractivity contribution in [3.8, 4) is 0 Å². The quantitative estimate of drug-likeness (QED) is 0.906. The van der Waals surface area contributed by atoms with E-state index >= 15 is 0 Å². The number of benzene rings is 1. The molecule has 2 aliphatic heterocycles. The molecule has 1 amide bonds. The normalized spacial score (nSPS) is 27.9. The largest absolute Gasteiger partial charge is 0.364 e. The third kappa shape index (κ3) is 4.33. The molecule has 2 aliphatic rings. The third-order valence-corrected chi connectivity index (χ3v) is 4.92. The molecule has 0 aliphatic carbocycles. The van der Waals surface area contributed by atoms with Crippen LogP contribution in [-0.2, 0) is 16.0 Å². The van der Waals surface area contributed by atoms with Gasteiger partial charge in [-0.25, -0.2) is 0 Å². The number of piperidine rings is 1. The van der Waals surface area contributed by atoms with Gasteiger partial charge in [0.15, 0.2) is 0 Å². The van der Waals surface area contributed by atoms with E-state index in [-0.39, 0.29) is 24.2 Å². The Hall–Kier alpha value is -1.39. The molecule has 4 heteroatoms. The van der Waals surface area contributed by atoms with Gasteiger partial charge in [0.2, 0.25) is 5.91 Å². The number of amides is 1. The van der Waals surface area contributed by atoms with Crippen molar-refractivity contribution in [2.75, 3.05) is 19.6 Å². The van der Waals surface area contributed by atoms with Crippen molar-refractivity contribution in [2.45, 2.75) is 51.4 Å². The minimum absolute atomic E-state index is 0.0604. The van der Waals surface area contributed by atoms with Crippen LogP contribution in [0.15, 0.2) is 30.3 Å². The number of ether oxygens (including phenoxy) is 1. The summed E-state index contributed by atoms with van der Waals surface area (Å²) in [4.78, 5) is 14.6. The summed E-state index contributed by atoms with van der Waals surface area (Å²) in [6, 6.07) is 10.8. The Balaban J connectivity index is 1.48. The number of carbonyl (C=O) groups excluding carboxylic acids is 1. The lowest BCUT2D eigenvalue weighted by atomic mass is 9.91. The van der Waals surface area contributed by atoms with Crippen LogP contribution in [0.1, 0.15) is 32.3 Å². The molecule has 4 nitrogen and oxygen atoms in total. The summed E-state index contributed by atoms with van der Waals surface area (Å²) < 4.78 is 6.06. The monoisotopic (exact) mass is 316 g/mol. The van der Waals surface area contributed by atoms with Crippen molar-refractivity contribution in [2.24, 2.45) is 5.92 Å². The van der Waals surface area contributed by atoms with Gasteiger partial charge in [-0.3, -0.25) is 4.79 Å². The Morgan fingerprint density at radius 2 is 2.13 bits per heavy atom. The maximum absolute atomic E-state index is 12.1. The maximum Gasteiger partial charge on any atom is 0.249 e. The number of hydrogen-bond acceptors (Lipinski definition) is 3. The first kappa shape index (κ1) is 16.5. The summed E-state index contributed by atoms with van der Waals surface area (Å²) >= 11 is 0. The van der Waals surface area contributed by atoms with Crippen LogP contribution in [0.25, 0.3) is 0 Å². The summed E-state index contributed by atoms with van der Waals surface area (Å²) in [5, 5.41) is 2.97. The molecule has 0 aromatic heterocycles. The van der Waals surface area contributed by atoms with Crippen molar-refractivity contribution < 1.29 is 9.53 Å². The first-order valence-corrected chi connectivity index (χ1v) is 8.84. The molecule has 0 bridgehead atoms. The van der Waals surface area contributed by atoms with Gasteiger partial charge in [0, 0.05) is 19.1 Å². The number of fused-ring (bicyclic) bond motifs is 1. The molecule has 2 fully saturated rings. The van der Waals surface area contributed by atoms with Gasteiger partial charge in [-0.2, -0.15) is 0 Å². The Kier molecular flexibility index (Phi) is 5.34. The van der Waals surface area contributed by atoms with E-state index < -0.39 is 0 Å². The average molecular weight is 316 g/mol. The van der Waals surface area contributed by atoms with E-state index in [4.69, 9.17) is 4.74 Å². The molecule has 0 unspecified atom stereocenters. The molecule has 2 heterocycles. The van der Waals surface area contributed by atoms with E-state index in [2.05, 4.69) is 40.5 Å². The molecule has 23 heavy (non-hydrogen) atoms. The second-order valence-corrected chi connectivity index (χ2v) is 7.15. The van der Waals surface area contributed by atoms with Gasteiger partial charge in [0.05, 0.1) is 6.10 Å². The average Bonchev–Trinajstić information content (AvgIpc) is 2.96. The molecule has 0 saturated carbocycles. The second-order valence-electron chi connectivity index (χ2n) is 7.15. The van der Waals surface area contributed by atoms with E-state index in [1.54, 1.807) is 0 Å². The number of nitrogens with zero attached hydrogens (tertiary/aromatic N) is 1. The number of hydrogen-bond donors (Lipinski definition) is 1. The van der Waals surface area contributed by atoms with E-state index in [0.29, 0.717) is 5.92 Å². The minimum Gasteiger partial charge on any atom is -0.364 e. The van der Waals surface area contributed by atoms with Crippen LogP contribution in [-0.4, -0.2) is 48.7 Å². The molecule has 0 radical (unpaired) electrons. The van der Waals surface area contributed by atoms with E-state index in [0.717, 1.165) is 38.9 Å². The van der Waals surface area contributed by atoms with Gasteiger partial charge in [-0.15, -0.1) is 0 Å². The first-order chi connectivity index (χ1) is 11.1. The highest BCUT2D eigenvalue weighted by atomic mass is 16.5. The molecule has 126 valence electrons. The van der Waals surface area contributed by atoms with Gasteiger partial charge < -0.3 is 15.0 Å². The first-order valence-electron chi connectivity index (χ1n) is 8.84. The molecular formula is C19H28N2O2. The van der Waals surface area contributed by atoms with E-state index in [9.17, 15) is 4.79 Å². The van der Waals surface area contributed by atoms with Crippen molar-refractivity contribution in [1.82, 2.24) is 10.2 Å². The van der Waals surface area contributed by atoms with Crippen molar-refractivity contribution in [3.63, 3.8) is 0 Å². The van der Waals surface area contributed by atoms with Crippen LogP contribution in [0, 0.1) is 5.92 Å². The van der Waals surface area contributed by atoms with Crippen LogP contribution in [0.2, 0.25) is 0 Å². The highest BCUT2D eigenvalue weighted by molar-refractivity contribution is 5.81. The highest BCUT2D eigenvalue weighted by Crippen LogP contribution is 2.33. The van der Waals surface area contributed by atoms with Gasteiger partial charge in [0.25, 0.3) is 0 Å². The van der Waals surface area contributed by atoms with Crippen LogP contribution in [0.4, 0.5) is 0 Å². The van der Waals surface area contributed by atoms with Gasteiger partial charge >= 0.3 is 0 Å². The summed E-state index contributed by atoms with van der Waals surface area (Å²) in [7, 11) is 0. The Morgan fingerprint density at radius 1 is 1.35 bits per heavy atom. The Bertz CT molecular complexity index is 517. The van der Waals surface area contributed by atoms with Crippen LogP contribution >= 0.6 is 0 Å².